The van der Waals surface area contributed by atoms with Crippen molar-refractivity contribution >= 4 is 39.1 Å². The van der Waals surface area contributed by atoms with E-state index < -0.39 is 28.5 Å². The molecule has 1 atom stereocenters. The first-order valence-electron chi connectivity index (χ1n) is 14.2. The van der Waals surface area contributed by atoms with Crippen LogP contribution in [-0.4, -0.2) is 50.4 Å². The maximum Gasteiger partial charge on any atom is 0.264 e. The fraction of sp³-hybridized carbons (Fsp3) is 0.375. The molecule has 42 heavy (non-hydrogen) atoms. The number of hydrogen-bond acceptors (Lipinski definition) is 5. The zero-order valence-corrected chi connectivity index (χ0v) is 25.8. The van der Waals surface area contributed by atoms with Crippen molar-refractivity contribution < 1.29 is 22.7 Å². The van der Waals surface area contributed by atoms with E-state index in [0.717, 1.165) is 41.1 Å². The number of amides is 2. The SMILES string of the molecule is CCOc1ccc(N(CC(=O)N(Cc2cccc(Cl)c2)C(C)C(=O)NC2CCCC2)S(=O)(=O)c2ccc(C)cc2)cc1. The number of rotatable bonds is 12. The maximum absolute atomic E-state index is 14.1. The smallest absolute Gasteiger partial charge is 0.264 e. The Balaban J connectivity index is 1.69. The second-order valence-electron chi connectivity index (χ2n) is 10.6. The Hall–Kier alpha value is -3.56. The number of halogens is 1. The molecule has 3 aromatic carbocycles. The zero-order valence-electron chi connectivity index (χ0n) is 24.3. The molecule has 1 fully saturated rings. The number of sulfonamides is 1. The first-order chi connectivity index (χ1) is 20.1. The minimum atomic E-state index is -4.15. The number of carbonyl (C=O) groups excluding carboxylic acids is 2. The highest BCUT2D eigenvalue weighted by molar-refractivity contribution is 7.92. The molecule has 0 radical (unpaired) electrons. The number of carbonyl (C=O) groups is 2. The van der Waals surface area contributed by atoms with Crippen LogP contribution in [0.2, 0.25) is 5.02 Å². The van der Waals surface area contributed by atoms with Gasteiger partial charge < -0.3 is 15.0 Å². The van der Waals surface area contributed by atoms with Crippen LogP contribution in [0.1, 0.15) is 50.7 Å². The summed E-state index contributed by atoms with van der Waals surface area (Å²) >= 11 is 6.22. The Labute approximate surface area is 253 Å². The van der Waals surface area contributed by atoms with E-state index in [4.69, 9.17) is 16.3 Å². The largest absolute Gasteiger partial charge is 0.494 e. The van der Waals surface area contributed by atoms with Crippen LogP contribution in [0.4, 0.5) is 5.69 Å². The molecule has 0 aromatic heterocycles. The summed E-state index contributed by atoms with van der Waals surface area (Å²) in [5, 5.41) is 3.57. The van der Waals surface area contributed by atoms with Crippen molar-refractivity contribution in [3.8, 4) is 5.75 Å². The van der Waals surface area contributed by atoms with Crippen molar-refractivity contribution in [1.82, 2.24) is 10.2 Å². The number of aryl methyl sites for hydroxylation is 1. The van der Waals surface area contributed by atoms with Crippen molar-refractivity contribution in [2.45, 2.75) is 70.0 Å². The molecule has 0 saturated heterocycles. The van der Waals surface area contributed by atoms with Crippen LogP contribution < -0.4 is 14.4 Å². The highest BCUT2D eigenvalue weighted by atomic mass is 35.5. The molecule has 1 saturated carbocycles. The Kier molecular flexibility index (Phi) is 10.5. The molecule has 2 amide bonds. The number of nitrogens with one attached hydrogen (secondary N) is 1. The van der Waals surface area contributed by atoms with Crippen LogP contribution in [0.25, 0.3) is 0 Å². The van der Waals surface area contributed by atoms with Crippen LogP contribution in [0.5, 0.6) is 5.75 Å². The van der Waals surface area contributed by atoms with Crippen LogP contribution in [0, 0.1) is 6.92 Å². The van der Waals surface area contributed by atoms with Crippen molar-refractivity contribution in [3.05, 3.63) is 88.9 Å². The van der Waals surface area contributed by atoms with Gasteiger partial charge in [0.1, 0.15) is 18.3 Å². The molecular formula is C32H38ClN3O5S. The molecule has 1 unspecified atom stereocenters. The molecule has 0 aliphatic heterocycles. The molecule has 0 heterocycles. The van der Waals surface area contributed by atoms with Gasteiger partial charge in [-0.3, -0.25) is 13.9 Å². The van der Waals surface area contributed by atoms with Gasteiger partial charge in [0.05, 0.1) is 17.2 Å². The average Bonchev–Trinajstić information content (AvgIpc) is 3.48. The third kappa shape index (κ3) is 7.83. The molecule has 1 aliphatic rings. The molecule has 1 aliphatic carbocycles. The van der Waals surface area contributed by atoms with Crippen molar-refractivity contribution in [3.63, 3.8) is 0 Å². The Morgan fingerprint density at radius 2 is 1.69 bits per heavy atom. The number of ether oxygens (including phenoxy) is 1. The summed E-state index contributed by atoms with van der Waals surface area (Å²) in [4.78, 5) is 28.9. The van der Waals surface area contributed by atoms with Gasteiger partial charge in [-0.15, -0.1) is 0 Å². The van der Waals surface area contributed by atoms with E-state index >= 15 is 0 Å². The zero-order chi connectivity index (χ0) is 30.3. The minimum Gasteiger partial charge on any atom is -0.494 e. The summed E-state index contributed by atoms with van der Waals surface area (Å²) in [6.45, 7) is 5.44. The van der Waals surface area contributed by atoms with Crippen LogP contribution in [-0.2, 0) is 26.2 Å². The third-order valence-corrected chi connectivity index (χ3v) is 9.46. The lowest BCUT2D eigenvalue weighted by molar-refractivity contribution is -0.139. The molecule has 1 N–H and O–H groups in total. The van der Waals surface area contributed by atoms with E-state index in [9.17, 15) is 18.0 Å². The summed E-state index contributed by atoms with van der Waals surface area (Å²) in [6.07, 6.45) is 3.92. The lowest BCUT2D eigenvalue weighted by Gasteiger charge is -2.32. The predicted octanol–water partition coefficient (Wildman–Crippen LogP) is 5.72. The Morgan fingerprint density at radius 3 is 2.31 bits per heavy atom. The van der Waals surface area contributed by atoms with Crippen LogP contribution >= 0.6 is 11.6 Å². The monoisotopic (exact) mass is 611 g/mol. The molecule has 3 aromatic rings. The summed E-state index contributed by atoms with van der Waals surface area (Å²) in [5.74, 6) is -0.208. The Morgan fingerprint density at radius 1 is 1.02 bits per heavy atom. The number of benzene rings is 3. The van der Waals surface area contributed by atoms with Gasteiger partial charge in [0.2, 0.25) is 11.8 Å². The van der Waals surface area contributed by atoms with Gasteiger partial charge in [-0.1, -0.05) is 54.3 Å². The summed E-state index contributed by atoms with van der Waals surface area (Å²) < 4.78 is 34.6. The second kappa shape index (κ2) is 14.1. The first-order valence-corrected chi connectivity index (χ1v) is 16.1. The normalized spacial score (nSPS) is 14.3. The first kappa shape index (κ1) is 31.4. The third-order valence-electron chi connectivity index (χ3n) is 7.43. The van der Waals surface area contributed by atoms with E-state index in [-0.39, 0.29) is 23.4 Å². The average molecular weight is 612 g/mol. The van der Waals surface area contributed by atoms with Crippen molar-refractivity contribution in [1.29, 1.82) is 0 Å². The van der Waals surface area contributed by atoms with Gasteiger partial charge >= 0.3 is 0 Å². The summed E-state index contributed by atoms with van der Waals surface area (Å²) in [7, 11) is -4.15. The number of anilines is 1. The highest BCUT2D eigenvalue weighted by Crippen LogP contribution is 2.27. The van der Waals surface area contributed by atoms with Gasteiger partial charge in [-0.25, -0.2) is 8.42 Å². The summed E-state index contributed by atoms with van der Waals surface area (Å²) in [5.41, 5.74) is 1.94. The van der Waals surface area contributed by atoms with Crippen molar-refractivity contribution in [2.75, 3.05) is 17.5 Å². The standard InChI is InChI=1S/C32H38ClN3O5S/c1-4-41-29-16-14-28(15-17-29)36(42(39,40)30-18-12-23(2)13-19-30)22-31(37)35(21-25-8-7-9-26(33)20-25)24(3)32(38)34-27-10-5-6-11-27/h7-9,12-20,24,27H,4-6,10-11,21-22H2,1-3H3,(H,34,38). The molecule has 224 valence electrons. The lowest BCUT2D eigenvalue weighted by Crippen LogP contribution is -2.52. The molecule has 0 spiro atoms. The van der Waals surface area contributed by atoms with Gasteiger partial charge in [0.25, 0.3) is 10.0 Å². The van der Waals surface area contributed by atoms with Crippen LogP contribution in [0.15, 0.2) is 77.7 Å². The fourth-order valence-corrected chi connectivity index (χ4v) is 6.68. The topological polar surface area (TPSA) is 96.0 Å². The Bertz CT molecular complexity index is 1470. The summed E-state index contributed by atoms with van der Waals surface area (Å²) in [6, 6.07) is 19.3. The molecule has 10 heteroatoms. The predicted molar refractivity (Wildman–Crippen MR) is 165 cm³/mol. The highest BCUT2D eigenvalue weighted by Gasteiger charge is 2.33. The maximum atomic E-state index is 14.1. The van der Waals surface area contributed by atoms with Gasteiger partial charge in [0.15, 0.2) is 0 Å². The van der Waals surface area contributed by atoms with E-state index in [1.165, 1.54) is 17.0 Å². The quantitative estimate of drug-likeness (QED) is 0.283. The van der Waals surface area contributed by atoms with E-state index in [1.807, 2.05) is 19.9 Å². The van der Waals surface area contributed by atoms with E-state index in [1.54, 1.807) is 61.5 Å². The van der Waals surface area contributed by atoms with Crippen LogP contribution in [0.3, 0.4) is 0 Å². The number of hydrogen-bond donors (Lipinski definition) is 1. The van der Waals surface area contributed by atoms with Gasteiger partial charge in [0, 0.05) is 17.6 Å². The second-order valence-corrected chi connectivity index (χ2v) is 12.9. The van der Waals surface area contributed by atoms with Gasteiger partial charge in [-0.2, -0.15) is 0 Å². The molecule has 0 bridgehead atoms. The molecular weight excluding hydrogens is 574 g/mol. The minimum absolute atomic E-state index is 0.0585. The van der Waals surface area contributed by atoms with Gasteiger partial charge in [-0.05, 0) is 87.7 Å². The molecule has 4 rings (SSSR count). The molecule has 8 nitrogen and oxygen atoms in total. The fourth-order valence-electron chi connectivity index (χ4n) is 5.05. The van der Waals surface area contributed by atoms with Crippen molar-refractivity contribution in [2.24, 2.45) is 0 Å². The van der Waals surface area contributed by atoms with E-state index in [0.29, 0.717) is 23.1 Å². The van der Waals surface area contributed by atoms with E-state index in [2.05, 4.69) is 5.32 Å². The lowest BCUT2D eigenvalue weighted by atomic mass is 10.1. The number of nitrogens with zero attached hydrogens (tertiary/aromatic N) is 2.